The van der Waals surface area contributed by atoms with Crippen LogP contribution in [0.1, 0.15) is 32.8 Å². The molecule has 0 radical (unpaired) electrons. The van der Waals surface area contributed by atoms with Gasteiger partial charge in [-0.15, -0.1) is 0 Å². The Balaban J connectivity index is 0.000000771. The topological polar surface area (TPSA) is 41.1 Å². The molecule has 1 aliphatic heterocycles. The van der Waals surface area contributed by atoms with E-state index in [9.17, 15) is 4.79 Å². The second-order valence-corrected chi connectivity index (χ2v) is 4.91. The smallest absolute Gasteiger partial charge is 0.226 e. The summed E-state index contributed by atoms with van der Waals surface area (Å²) in [5.74, 6) is 0.0233. The van der Waals surface area contributed by atoms with Crippen LogP contribution >= 0.6 is 27.5 Å². The summed E-state index contributed by atoms with van der Waals surface area (Å²) in [5, 5.41) is 6.82. The predicted molar refractivity (Wildman–Crippen MR) is 81.6 cm³/mol. The molecule has 1 amide bonds. The summed E-state index contributed by atoms with van der Waals surface area (Å²) in [7, 11) is 0. The number of hydrogen-bond donors (Lipinski definition) is 2. The minimum atomic E-state index is 0.0233. The van der Waals surface area contributed by atoms with Crippen molar-refractivity contribution in [1.29, 1.82) is 0 Å². The van der Waals surface area contributed by atoms with Crippen molar-refractivity contribution in [2.75, 3.05) is 17.2 Å². The molecule has 0 spiro atoms. The minimum absolute atomic E-state index is 0.0233. The first-order valence-corrected chi connectivity index (χ1v) is 7.35. The van der Waals surface area contributed by atoms with E-state index in [-0.39, 0.29) is 5.91 Å². The maximum Gasteiger partial charge on any atom is 0.226 e. The number of halogens is 2. The van der Waals surface area contributed by atoms with Gasteiger partial charge in [0.05, 0.1) is 11.4 Å². The third-order valence-electron chi connectivity index (χ3n) is 2.60. The van der Waals surface area contributed by atoms with E-state index in [0.29, 0.717) is 18.0 Å². The molecule has 2 N–H and O–H groups in total. The van der Waals surface area contributed by atoms with Crippen LogP contribution in [0.5, 0.6) is 0 Å². The summed E-state index contributed by atoms with van der Waals surface area (Å²) < 4.78 is 0.881. The zero-order valence-electron chi connectivity index (χ0n) is 10.9. The highest BCUT2D eigenvalue weighted by atomic mass is 79.9. The molecular weight excluding hydrogens is 316 g/mol. The van der Waals surface area contributed by atoms with E-state index in [1.54, 1.807) is 0 Å². The fourth-order valence-electron chi connectivity index (χ4n) is 1.82. The van der Waals surface area contributed by atoms with E-state index in [1.807, 2.05) is 26.8 Å². The fraction of sp³-hybridized carbons (Fsp3) is 0.462. The highest BCUT2D eigenvalue weighted by Crippen LogP contribution is 2.39. The Morgan fingerprint density at radius 2 is 2.06 bits per heavy atom. The van der Waals surface area contributed by atoms with Crippen LogP contribution < -0.4 is 10.6 Å². The van der Waals surface area contributed by atoms with E-state index >= 15 is 0 Å². The summed E-state index contributed by atoms with van der Waals surface area (Å²) in [4.78, 5) is 11.5. The molecule has 0 saturated heterocycles. The Morgan fingerprint density at radius 1 is 1.39 bits per heavy atom. The van der Waals surface area contributed by atoms with Crippen LogP contribution in [0.2, 0.25) is 5.02 Å². The van der Waals surface area contributed by atoms with Crippen LogP contribution in [0, 0.1) is 0 Å². The lowest BCUT2D eigenvalue weighted by Gasteiger charge is -2.15. The Bertz CT molecular complexity index is 449. The number of nitrogens with one attached hydrogen (secondary N) is 2. The van der Waals surface area contributed by atoms with Gasteiger partial charge in [-0.2, -0.15) is 0 Å². The lowest BCUT2D eigenvalue weighted by molar-refractivity contribution is -0.115. The molecule has 0 unspecified atom stereocenters. The molecule has 5 heteroatoms. The van der Waals surface area contributed by atoms with Gasteiger partial charge < -0.3 is 10.6 Å². The van der Waals surface area contributed by atoms with Crippen molar-refractivity contribution in [3.8, 4) is 0 Å². The summed E-state index contributed by atoms with van der Waals surface area (Å²) in [6.45, 7) is 6.66. The van der Waals surface area contributed by atoms with Crippen molar-refractivity contribution in [3.63, 3.8) is 0 Å². The molecule has 100 valence electrons. The number of carbonyl (C=O) groups excluding carboxylic acids is 1. The zero-order valence-corrected chi connectivity index (χ0v) is 13.2. The maximum atomic E-state index is 11.5. The van der Waals surface area contributed by atoms with Crippen LogP contribution in [0.3, 0.4) is 0 Å². The molecular formula is C13H18BrClN2O. The highest BCUT2D eigenvalue weighted by Gasteiger charge is 2.19. The number of benzene rings is 1. The van der Waals surface area contributed by atoms with Crippen LogP contribution in [0.4, 0.5) is 11.4 Å². The van der Waals surface area contributed by atoms with Gasteiger partial charge in [-0.1, -0.05) is 32.4 Å². The van der Waals surface area contributed by atoms with Crippen molar-refractivity contribution in [2.24, 2.45) is 0 Å². The first-order chi connectivity index (χ1) is 8.63. The first-order valence-electron chi connectivity index (χ1n) is 6.18. The normalized spacial score (nSPS) is 13.5. The Labute approximate surface area is 121 Å². The summed E-state index contributed by atoms with van der Waals surface area (Å²) in [6, 6.07) is 1.86. The van der Waals surface area contributed by atoms with Crippen molar-refractivity contribution >= 4 is 44.8 Å². The predicted octanol–water partition coefficient (Wildman–Crippen LogP) is 4.45. The van der Waals surface area contributed by atoms with Crippen LogP contribution in [-0.2, 0) is 11.2 Å². The van der Waals surface area contributed by atoms with Crippen LogP contribution in [0.25, 0.3) is 0 Å². The van der Waals surface area contributed by atoms with Crippen molar-refractivity contribution in [2.45, 2.75) is 33.6 Å². The second kappa shape index (κ2) is 7.00. The largest absolute Gasteiger partial charge is 0.382 e. The van der Waals surface area contributed by atoms with Crippen molar-refractivity contribution < 1.29 is 4.79 Å². The molecule has 0 bridgehead atoms. The molecule has 18 heavy (non-hydrogen) atoms. The van der Waals surface area contributed by atoms with Crippen molar-refractivity contribution in [3.05, 3.63) is 21.1 Å². The van der Waals surface area contributed by atoms with Gasteiger partial charge in [-0.05, 0) is 34.0 Å². The Kier molecular flexibility index (Phi) is 5.96. The van der Waals surface area contributed by atoms with Gasteiger partial charge in [0.25, 0.3) is 0 Å². The lowest BCUT2D eigenvalue weighted by atomic mass is 10.1. The van der Waals surface area contributed by atoms with E-state index in [1.165, 1.54) is 0 Å². The third kappa shape index (κ3) is 3.18. The quantitative estimate of drug-likeness (QED) is 0.797. The molecule has 3 nitrogen and oxygen atoms in total. The molecule has 1 aromatic rings. The van der Waals surface area contributed by atoms with E-state index in [4.69, 9.17) is 11.6 Å². The third-order valence-corrected chi connectivity index (χ3v) is 3.57. The van der Waals surface area contributed by atoms with Gasteiger partial charge in [0.2, 0.25) is 5.91 Å². The molecule has 1 heterocycles. The monoisotopic (exact) mass is 332 g/mol. The Hall–Kier alpha value is -0.740. The average molecular weight is 334 g/mol. The molecule has 1 aliphatic rings. The molecule has 0 atom stereocenters. The molecule has 0 aliphatic carbocycles. The molecule has 0 fully saturated rings. The molecule has 0 aromatic heterocycles. The first kappa shape index (κ1) is 15.3. The van der Waals surface area contributed by atoms with Gasteiger partial charge in [0, 0.05) is 22.5 Å². The fourth-order valence-corrected chi connectivity index (χ4v) is 2.86. The maximum absolute atomic E-state index is 11.5. The van der Waals surface area contributed by atoms with Gasteiger partial charge in [0.1, 0.15) is 0 Å². The molecule has 2 rings (SSSR count). The van der Waals surface area contributed by atoms with Crippen LogP contribution in [-0.4, -0.2) is 12.5 Å². The van der Waals surface area contributed by atoms with Gasteiger partial charge in [-0.3, -0.25) is 4.79 Å². The van der Waals surface area contributed by atoms with E-state index < -0.39 is 0 Å². The van der Waals surface area contributed by atoms with E-state index in [2.05, 4.69) is 26.6 Å². The lowest BCUT2D eigenvalue weighted by Crippen LogP contribution is -2.12. The van der Waals surface area contributed by atoms with Gasteiger partial charge >= 0.3 is 0 Å². The van der Waals surface area contributed by atoms with Gasteiger partial charge in [0.15, 0.2) is 0 Å². The second-order valence-electron chi connectivity index (χ2n) is 3.65. The number of hydrogen-bond acceptors (Lipinski definition) is 2. The van der Waals surface area contributed by atoms with Crippen molar-refractivity contribution in [1.82, 2.24) is 0 Å². The minimum Gasteiger partial charge on any atom is -0.382 e. The zero-order chi connectivity index (χ0) is 13.7. The molecule has 0 saturated carbocycles. The average Bonchev–Trinajstić information content (AvgIpc) is 2.54. The Morgan fingerprint density at radius 3 is 2.67 bits per heavy atom. The number of amides is 1. The standard InChI is InChI=1S/C11H12BrClN2O.C2H6/c1-2-6-8(13)5-7(12)11-10(6)15-9(16)3-4-14-11;1-2/h5,14H,2-4H2,1H3,(H,15,16);1-2H3. The summed E-state index contributed by atoms with van der Waals surface area (Å²) in [5.41, 5.74) is 2.71. The molecule has 1 aromatic carbocycles. The number of anilines is 2. The van der Waals surface area contributed by atoms with Gasteiger partial charge in [-0.25, -0.2) is 0 Å². The van der Waals surface area contributed by atoms with E-state index in [0.717, 1.165) is 27.8 Å². The highest BCUT2D eigenvalue weighted by molar-refractivity contribution is 9.10. The van der Waals surface area contributed by atoms with Crippen LogP contribution in [0.15, 0.2) is 10.5 Å². The summed E-state index contributed by atoms with van der Waals surface area (Å²) >= 11 is 9.61. The number of carbonyl (C=O) groups is 1. The summed E-state index contributed by atoms with van der Waals surface area (Å²) in [6.07, 6.45) is 1.26. The SMILES string of the molecule is CC.CCc1c(Cl)cc(Br)c2c1NC(=O)CCN2. The number of rotatable bonds is 1. The number of fused-ring (bicyclic) bond motifs is 1.